The first-order valence-corrected chi connectivity index (χ1v) is 5.90. The first-order chi connectivity index (χ1) is 7.03. The van der Waals surface area contributed by atoms with Gasteiger partial charge in [-0.2, -0.15) is 0 Å². The molecular weight excluding hydrogens is 187 g/mol. The second-order valence-corrected chi connectivity index (χ2v) is 5.60. The molecule has 0 radical (unpaired) electrons. The largest absolute Gasteiger partial charge is 0.460 e. The molecule has 4 heteroatoms. The van der Waals surface area contributed by atoms with Gasteiger partial charge in [-0.15, -0.1) is 0 Å². The summed E-state index contributed by atoms with van der Waals surface area (Å²) < 4.78 is 5.92. The van der Waals surface area contributed by atoms with Crippen molar-refractivity contribution < 1.29 is 4.74 Å². The normalized spacial score (nSPS) is 43.7. The molecule has 1 saturated heterocycles. The van der Waals surface area contributed by atoms with E-state index in [0.717, 1.165) is 12.4 Å². The van der Waals surface area contributed by atoms with Gasteiger partial charge in [0.2, 0.25) is 0 Å². The Morgan fingerprint density at radius 3 is 3.00 bits per heavy atom. The molecule has 0 amide bonds. The van der Waals surface area contributed by atoms with E-state index < -0.39 is 0 Å². The third kappa shape index (κ3) is 1.99. The number of fused-ring (bicyclic) bond motifs is 1. The van der Waals surface area contributed by atoms with E-state index in [1.807, 2.05) is 7.05 Å². The van der Waals surface area contributed by atoms with Crippen LogP contribution < -0.4 is 0 Å². The number of amidine groups is 1. The highest BCUT2D eigenvalue weighted by Gasteiger charge is 2.42. The molecule has 0 aromatic carbocycles. The van der Waals surface area contributed by atoms with Crippen molar-refractivity contribution in [2.75, 3.05) is 14.1 Å². The highest BCUT2D eigenvalue weighted by atomic mass is 16.5. The zero-order valence-corrected chi connectivity index (χ0v) is 10.3. The van der Waals surface area contributed by atoms with Crippen molar-refractivity contribution in [1.29, 1.82) is 0 Å². The minimum Gasteiger partial charge on any atom is -0.460 e. The van der Waals surface area contributed by atoms with Crippen molar-refractivity contribution in [3.05, 3.63) is 0 Å². The first kappa shape index (κ1) is 10.8. The molecule has 0 spiro atoms. The third-order valence-corrected chi connectivity index (χ3v) is 3.78. The molecule has 0 bridgehead atoms. The average Bonchev–Trinajstić information content (AvgIpc) is 2.37. The van der Waals surface area contributed by atoms with Crippen LogP contribution >= 0.6 is 0 Å². The van der Waals surface area contributed by atoms with E-state index in [1.54, 1.807) is 0 Å². The fraction of sp³-hybridized carbons (Fsp3) is 0.909. The summed E-state index contributed by atoms with van der Waals surface area (Å²) in [5.74, 6) is 0. The molecule has 2 fully saturated rings. The van der Waals surface area contributed by atoms with Crippen molar-refractivity contribution in [3.63, 3.8) is 0 Å². The molecule has 0 aromatic heterocycles. The summed E-state index contributed by atoms with van der Waals surface area (Å²) >= 11 is 0. The molecule has 84 valence electrons. The lowest BCUT2D eigenvalue weighted by Crippen LogP contribution is -2.33. The Bertz CT molecular complexity index is 278. The summed E-state index contributed by atoms with van der Waals surface area (Å²) in [7, 11) is 6.26. The SMILES string of the molecule is BC1(C)CCCC2C(C1)O/C(=N/C)N2C. The van der Waals surface area contributed by atoms with Crippen LogP contribution in [0.3, 0.4) is 0 Å². The van der Waals surface area contributed by atoms with Crippen LogP contribution in [0.25, 0.3) is 0 Å². The predicted molar refractivity (Wildman–Crippen MR) is 65.2 cm³/mol. The Hall–Kier alpha value is -0.665. The van der Waals surface area contributed by atoms with Gasteiger partial charge in [0.05, 0.1) is 6.04 Å². The van der Waals surface area contributed by atoms with Crippen molar-refractivity contribution in [2.45, 2.75) is 50.1 Å². The minimum absolute atomic E-state index is 0.353. The topological polar surface area (TPSA) is 24.8 Å². The lowest BCUT2D eigenvalue weighted by molar-refractivity contribution is 0.171. The van der Waals surface area contributed by atoms with Gasteiger partial charge in [-0.25, -0.2) is 4.99 Å². The third-order valence-electron chi connectivity index (χ3n) is 3.78. The van der Waals surface area contributed by atoms with Crippen molar-refractivity contribution >= 4 is 13.9 Å². The lowest BCUT2D eigenvalue weighted by atomic mass is 9.65. The molecule has 1 aliphatic heterocycles. The second kappa shape index (κ2) is 3.73. The van der Waals surface area contributed by atoms with E-state index in [2.05, 4.69) is 31.7 Å². The number of rotatable bonds is 0. The molecule has 15 heavy (non-hydrogen) atoms. The summed E-state index contributed by atoms with van der Waals surface area (Å²) in [6.07, 6.45) is 5.37. The highest BCUT2D eigenvalue weighted by molar-refractivity contribution is 6.14. The van der Waals surface area contributed by atoms with Gasteiger partial charge in [0, 0.05) is 14.1 Å². The Morgan fingerprint density at radius 2 is 2.33 bits per heavy atom. The molecule has 2 aliphatic rings. The van der Waals surface area contributed by atoms with E-state index in [4.69, 9.17) is 4.74 Å². The summed E-state index contributed by atoms with van der Waals surface area (Å²) in [6.45, 7) is 2.35. The van der Waals surface area contributed by atoms with Crippen molar-refractivity contribution in [3.8, 4) is 0 Å². The molecule has 3 unspecified atom stereocenters. The van der Waals surface area contributed by atoms with Crippen LogP contribution in [0.4, 0.5) is 0 Å². The second-order valence-electron chi connectivity index (χ2n) is 5.60. The Balaban J connectivity index is 2.16. The Morgan fingerprint density at radius 1 is 1.60 bits per heavy atom. The van der Waals surface area contributed by atoms with Crippen LogP contribution in [0.5, 0.6) is 0 Å². The number of aliphatic imine (C=N–C) groups is 1. The molecule has 0 aromatic rings. The van der Waals surface area contributed by atoms with E-state index >= 15 is 0 Å². The van der Waals surface area contributed by atoms with Gasteiger partial charge >= 0.3 is 0 Å². The zero-order valence-electron chi connectivity index (χ0n) is 10.3. The van der Waals surface area contributed by atoms with Crippen LogP contribution in [-0.4, -0.2) is 45.0 Å². The predicted octanol–water partition coefficient (Wildman–Crippen LogP) is 1.06. The van der Waals surface area contributed by atoms with Crippen LogP contribution in [0, 0.1) is 0 Å². The molecule has 0 N–H and O–H groups in total. The fourth-order valence-corrected chi connectivity index (χ4v) is 2.89. The quantitative estimate of drug-likeness (QED) is 0.556. The number of likely N-dealkylation sites (N-methyl/N-ethyl adjacent to an activating group) is 1. The number of ether oxygens (including phenoxy) is 1. The first-order valence-electron chi connectivity index (χ1n) is 5.90. The Labute approximate surface area is 93.3 Å². The van der Waals surface area contributed by atoms with Gasteiger partial charge < -0.3 is 9.64 Å². The summed E-state index contributed by atoms with van der Waals surface area (Å²) in [4.78, 5) is 6.41. The maximum absolute atomic E-state index is 5.92. The van der Waals surface area contributed by atoms with Crippen LogP contribution in [-0.2, 0) is 4.74 Å². The van der Waals surface area contributed by atoms with Gasteiger partial charge in [0.25, 0.3) is 6.02 Å². The number of nitrogens with zero attached hydrogens (tertiary/aromatic N) is 2. The van der Waals surface area contributed by atoms with E-state index in [1.165, 1.54) is 19.3 Å². The maximum Gasteiger partial charge on any atom is 0.287 e. The van der Waals surface area contributed by atoms with Gasteiger partial charge in [0.1, 0.15) is 14.0 Å². The van der Waals surface area contributed by atoms with E-state index in [9.17, 15) is 0 Å². The molecular formula is C11H21BN2O. The smallest absolute Gasteiger partial charge is 0.287 e. The van der Waals surface area contributed by atoms with Crippen LogP contribution in [0.2, 0.25) is 5.31 Å². The summed E-state index contributed by atoms with van der Waals surface area (Å²) in [5.41, 5.74) is 0. The standard InChI is InChI=1S/C11H21BN2O/c1-11(12)6-4-5-8-9(7-11)15-10(13-2)14(8)3/h8-9H,4-7,12H2,1-3H3/b13-10+. The Kier molecular flexibility index (Phi) is 2.69. The van der Waals surface area contributed by atoms with Crippen molar-refractivity contribution in [1.82, 2.24) is 4.90 Å². The molecule has 1 saturated carbocycles. The van der Waals surface area contributed by atoms with Gasteiger partial charge in [0.15, 0.2) is 0 Å². The van der Waals surface area contributed by atoms with E-state index in [0.29, 0.717) is 17.5 Å². The van der Waals surface area contributed by atoms with Crippen LogP contribution in [0.1, 0.15) is 32.6 Å². The highest BCUT2D eigenvalue weighted by Crippen LogP contribution is 2.42. The monoisotopic (exact) mass is 208 g/mol. The van der Waals surface area contributed by atoms with Gasteiger partial charge in [-0.1, -0.05) is 25.1 Å². The molecule has 3 atom stereocenters. The molecule has 2 rings (SSSR count). The van der Waals surface area contributed by atoms with Gasteiger partial charge in [-0.3, -0.25) is 0 Å². The maximum atomic E-state index is 5.92. The molecule has 1 heterocycles. The van der Waals surface area contributed by atoms with Crippen LogP contribution in [0.15, 0.2) is 4.99 Å². The molecule has 1 aliphatic carbocycles. The fourth-order valence-electron chi connectivity index (χ4n) is 2.89. The molecule has 3 nitrogen and oxygen atoms in total. The van der Waals surface area contributed by atoms with Gasteiger partial charge in [-0.05, 0) is 12.8 Å². The summed E-state index contributed by atoms with van der Waals surface area (Å²) in [6, 6.07) is 1.37. The van der Waals surface area contributed by atoms with Crippen molar-refractivity contribution in [2.24, 2.45) is 4.99 Å². The minimum atomic E-state index is 0.353. The number of hydrogen-bond donors (Lipinski definition) is 0. The zero-order chi connectivity index (χ0) is 11.1. The van der Waals surface area contributed by atoms with E-state index in [-0.39, 0.29) is 0 Å². The summed E-state index contributed by atoms with van der Waals surface area (Å²) in [5, 5.41) is 0.420. The number of hydrogen-bond acceptors (Lipinski definition) is 2. The average molecular weight is 208 g/mol. The lowest BCUT2D eigenvalue weighted by Gasteiger charge is -2.25.